The summed E-state index contributed by atoms with van der Waals surface area (Å²) in [4.78, 5) is 37.8. The summed E-state index contributed by atoms with van der Waals surface area (Å²) in [5.41, 5.74) is 4.96. The molecule has 6 rings (SSSR count). The van der Waals surface area contributed by atoms with Crippen LogP contribution < -0.4 is 15.4 Å². The van der Waals surface area contributed by atoms with Gasteiger partial charge in [-0.2, -0.15) is 5.10 Å². The number of nitrogens with zero attached hydrogens (tertiary/aromatic N) is 6. The predicted octanol–water partition coefficient (Wildman–Crippen LogP) is 4.48. The molecule has 1 fully saturated rings. The highest BCUT2D eigenvalue weighted by molar-refractivity contribution is 6.05. The maximum Gasteiger partial charge on any atom is 0.258 e. The van der Waals surface area contributed by atoms with Crippen molar-refractivity contribution >= 4 is 34.5 Å². The molecule has 0 spiro atoms. The first-order valence-corrected chi connectivity index (χ1v) is 14.6. The number of carbonyl (C=O) groups excluding carboxylic acids is 2. The lowest BCUT2D eigenvalue weighted by atomic mass is 9.97. The topological polar surface area (TPSA) is 119 Å². The Hall–Kier alpha value is -4.25. The molecule has 1 aliphatic heterocycles. The van der Waals surface area contributed by atoms with Crippen LogP contribution in [0.3, 0.4) is 0 Å². The van der Waals surface area contributed by atoms with Gasteiger partial charge >= 0.3 is 0 Å². The number of ether oxygens (including phenoxy) is 1. The summed E-state index contributed by atoms with van der Waals surface area (Å²) >= 11 is 0. The number of imidazole rings is 1. The van der Waals surface area contributed by atoms with Gasteiger partial charge in [-0.1, -0.05) is 0 Å². The van der Waals surface area contributed by atoms with Crippen LogP contribution >= 0.6 is 0 Å². The molecule has 1 atom stereocenters. The molecule has 2 bridgehead atoms. The van der Waals surface area contributed by atoms with Crippen LogP contribution in [0.15, 0.2) is 36.5 Å². The minimum absolute atomic E-state index is 0.0379. The Balaban J connectivity index is 1.39. The van der Waals surface area contributed by atoms with Crippen LogP contribution in [-0.2, 0) is 18.4 Å². The molecular formula is C31H38N8O3. The first kappa shape index (κ1) is 27.9. The summed E-state index contributed by atoms with van der Waals surface area (Å²) < 4.78 is 10.1. The molecule has 0 radical (unpaired) electrons. The highest BCUT2D eigenvalue weighted by Gasteiger charge is 2.32. The average Bonchev–Trinajstić information content (AvgIpc) is 3.66. The third-order valence-electron chi connectivity index (χ3n) is 8.08. The van der Waals surface area contributed by atoms with Gasteiger partial charge in [-0.25, -0.2) is 9.67 Å². The van der Waals surface area contributed by atoms with Crippen molar-refractivity contribution in [3.63, 3.8) is 0 Å². The number of aryl methyl sites for hydroxylation is 2. The third-order valence-corrected chi connectivity index (χ3v) is 8.08. The number of amides is 2. The molecule has 2 amide bonds. The zero-order valence-electron chi connectivity index (χ0n) is 24.7. The van der Waals surface area contributed by atoms with E-state index in [2.05, 4.69) is 25.3 Å². The first-order valence-electron chi connectivity index (χ1n) is 14.6. The van der Waals surface area contributed by atoms with Crippen molar-refractivity contribution < 1.29 is 14.3 Å². The lowest BCUT2D eigenvalue weighted by Gasteiger charge is -2.20. The standard InChI is InChI=1S/C31H38N8O3/c1-19-14-22-15-26(33-19)24-17-32-38(4)30(24)42-13-5-6-21(20-7-8-20)18-39-27-16-23(34-28(40)11-12-37(2)3)9-10-25(27)35-31(39)36-29(22)41/h9-10,14-17,20-21H,5-8,11-13,18H2,1-4H3,(H,34,40)(H,35,36,41). The number of nitrogens with one attached hydrogen (secondary N) is 2. The van der Waals surface area contributed by atoms with Gasteiger partial charge in [0.15, 0.2) is 0 Å². The second-order valence-electron chi connectivity index (χ2n) is 11.8. The third kappa shape index (κ3) is 6.01. The molecule has 0 saturated heterocycles. The van der Waals surface area contributed by atoms with Crippen molar-refractivity contribution in [2.24, 2.45) is 18.9 Å². The Morgan fingerprint density at radius 3 is 2.76 bits per heavy atom. The number of hydrogen-bond acceptors (Lipinski definition) is 7. The van der Waals surface area contributed by atoms with Gasteiger partial charge in [-0.05, 0) is 88.9 Å². The van der Waals surface area contributed by atoms with E-state index in [9.17, 15) is 9.59 Å². The number of pyridine rings is 1. The SMILES string of the molecule is Cc1cc2cc(n1)-c1cnn(C)c1OCCCC(C1CC1)Cn1c(nc3ccc(NC(=O)CCN(C)C)cc31)NC2=O. The molecular weight excluding hydrogens is 532 g/mol. The van der Waals surface area contributed by atoms with E-state index in [1.165, 1.54) is 12.8 Å². The van der Waals surface area contributed by atoms with Crippen LogP contribution in [0.5, 0.6) is 5.88 Å². The Morgan fingerprint density at radius 1 is 1.14 bits per heavy atom. The monoisotopic (exact) mass is 570 g/mol. The minimum atomic E-state index is -0.264. The van der Waals surface area contributed by atoms with Crippen molar-refractivity contribution in [1.29, 1.82) is 0 Å². The summed E-state index contributed by atoms with van der Waals surface area (Å²) in [6.45, 7) is 3.82. The second-order valence-corrected chi connectivity index (χ2v) is 11.8. The van der Waals surface area contributed by atoms with Crippen molar-refractivity contribution in [3.05, 3.63) is 47.8 Å². The molecule has 1 saturated carbocycles. The molecule has 4 aromatic rings. The molecule has 2 aliphatic rings. The number of aromatic nitrogens is 5. The van der Waals surface area contributed by atoms with Gasteiger partial charge in [-0.3, -0.25) is 19.9 Å². The van der Waals surface area contributed by atoms with Crippen molar-refractivity contribution in [3.8, 4) is 17.1 Å². The highest BCUT2D eigenvalue weighted by Crippen LogP contribution is 2.41. The number of benzene rings is 1. The lowest BCUT2D eigenvalue weighted by molar-refractivity contribution is -0.116. The van der Waals surface area contributed by atoms with Crippen LogP contribution in [0, 0.1) is 18.8 Å². The summed E-state index contributed by atoms with van der Waals surface area (Å²) in [6, 6.07) is 9.28. The van der Waals surface area contributed by atoms with Crippen LogP contribution in [0.4, 0.5) is 11.6 Å². The molecule has 2 N–H and O–H groups in total. The lowest BCUT2D eigenvalue weighted by Crippen LogP contribution is -2.21. The van der Waals surface area contributed by atoms with Gasteiger partial charge in [-0.15, -0.1) is 0 Å². The fraction of sp³-hybridized carbons (Fsp3) is 0.452. The zero-order valence-corrected chi connectivity index (χ0v) is 24.7. The summed E-state index contributed by atoms with van der Waals surface area (Å²) in [6.07, 6.45) is 6.42. The van der Waals surface area contributed by atoms with E-state index in [4.69, 9.17) is 9.72 Å². The molecule has 220 valence electrons. The van der Waals surface area contributed by atoms with Gasteiger partial charge in [0.05, 0.1) is 35.1 Å². The van der Waals surface area contributed by atoms with E-state index in [1.54, 1.807) is 23.0 Å². The van der Waals surface area contributed by atoms with Crippen molar-refractivity contribution in [2.45, 2.75) is 45.6 Å². The van der Waals surface area contributed by atoms with E-state index >= 15 is 0 Å². The number of rotatable bonds is 5. The average molecular weight is 571 g/mol. The molecule has 3 aromatic heterocycles. The number of hydrogen-bond donors (Lipinski definition) is 2. The Morgan fingerprint density at radius 2 is 1.98 bits per heavy atom. The molecule has 4 heterocycles. The van der Waals surface area contributed by atoms with E-state index in [-0.39, 0.29) is 11.8 Å². The summed E-state index contributed by atoms with van der Waals surface area (Å²) in [7, 11) is 5.75. The maximum absolute atomic E-state index is 13.7. The van der Waals surface area contributed by atoms with E-state index < -0.39 is 0 Å². The van der Waals surface area contributed by atoms with Gasteiger partial charge < -0.3 is 19.5 Å². The number of carbonyl (C=O) groups is 2. The van der Waals surface area contributed by atoms with Gasteiger partial charge in [0, 0.05) is 43.5 Å². The van der Waals surface area contributed by atoms with Crippen molar-refractivity contribution in [2.75, 3.05) is 37.9 Å². The summed E-state index contributed by atoms with van der Waals surface area (Å²) in [5, 5.41) is 10.5. The van der Waals surface area contributed by atoms with Crippen LogP contribution in [0.25, 0.3) is 22.3 Å². The summed E-state index contributed by atoms with van der Waals surface area (Å²) in [5.74, 6) is 1.88. The minimum Gasteiger partial charge on any atom is -0.477 e. The molecule has 11 nitrogen and oxygen atoms in total. The second kappa shape index (κ2) is 11.6. The molecule has 11 heteroatoms. The fourth-order valence-electron chi connectivity index (χ4n) is 5.71. The molecule has 1 aromatic carbocycles. The molecule has 42 heavy (non-hydrogen) atoms. The number of anilines is 2. The van der Waals surface area contributed by atoms with Gasteiger partial charge in [0.1, 0.15) is 0 Å². The van der Waals surface area contributed by atoms with Crippen LogP contribution in [0.1, 0.15) is 48.2 Å². The van der Waals surface area contributed by atoms with E-state index in [0.29, 0.717) is 72.4 Å². The Labute approximate surface area is 245 Å². The van der Waals surface area contributed by atoms with E-state index in [1.807, 2.05) is 51.2 Å². The quantitative estimate of drug-likeness (QED) is 0.363. The van der Waals surface area contributed by atoms with E-state index in [0.717, 1.165) is 29.4 Å². The fourth-order valence-corrected chi connectivity index (χ4v) is 5.71. The van der Waals surface area contributed by atoms with Crippen LogP contribution in [0.2, 0.25) is 0 Å². The highest BCUT2D eigenvalue weighted by atomic mass is 16.5. The normalized spacial score (nSPS) is 17.5. The largest absolute Gasteiger partial charge is 0.477 e. The number of fused-ring (bicyclic) bond motifs is 7. The predicted molar refractivity (Wildman–Crippen MR) is 162 cm³/mol. The Bertz CT molecular complexity index is 1630. The van der Waals surface area contributed by atoms with Gasteiger partial charge in [0.2, 0.25) is 17.7 Å². The van der Waals surface area contributed by atoms with Crippen LogP contribution in [-0.4, -0.2) is 68.3 Å². The Kier molecular flexibility index (Phi) is 7.68. The van der Waals surface area contributed by atoms with Gasteiger partial charge in [0.25, 0.3) is 5.91 Å². The molecule has 1 aliphatic carbocycles. The molecule has 1 unspecified atom stereocenters. The maximum atomic E-state index is 13.7. The first-order chi connectivity index (χ1) is 20.2. The zero-order chi connectivity index (χ0) is 29.4. The van der Waals surface area contributed by atoms with Crippen molar-refractivity contribution in [1.82, 2.24) is 29.2 Å². The smallest absolute Gasteiger partial charge is 0.258 e.